The summed E-state index contributed by atoms with van der Waals surface area (Å²) in [5.41, 5.74) is 3.46. The zero-order valence-corrected chi connectivity index (χ0v) is 19.4. The van der Waals surface area contributed by atoms with Gasteiger partial charge in [0.25, 0.3) is 5.91 Å². The minimum atomic E-state index is -0.0902. The van der Waals surface area contributed by atoms with Crippen molar-refractivity contribution in [2.24, 2.45) is 0 Å². The number of hydrogen-bond acceptors (Lipinski definition) is 5. The Bertz CT molecular complexity index is 925. The SMILES string of the molecule is Cc1ccc(C(=O)NCc2cccnc2)c(C2CCN(C(=S)NCC3CCCO3)CC2)n1. The number of carbonyl (C=O) groups is 1. The monoisotopic (exact) mass is 453 g/mol. The quantitative estimate of drug-likeness (QED) is 0.651. The van der Waals surface area contributed by atoms with Crippen molar-refractivity contribution in [2.75, 3.05) is 26.2 Å². The number of amides is 1. The first kappa shape index (κ1) is 22.6. The highest BCUT2D eigenvalue weighted by molar-refractivity contribution is 7.80. The first-order chi connectivity index (χ1) is 15.6. The van der Waals surface area contributed by atoms with Crippen LogP contribution in [0.3, 0.4) is 0 Å². The first-order valence-electron chi connectivity index (χ1n) is 11.4. The summed E-state index contributed by atoms with van der Waals surface area (Å²) in [7, 11) is 0. The van der Waals surface area contributed by atoms with E-state index >= 15 is 0 Å². The second kappa shape index (κ2) is 10.8. The molecule has 2 N–H and O–H groups in total. The van der Waals surface area contributed by atoms with Gasteiger partial charge in [-0.3, -0.25) is 14.8 Å². The van der Waals surface area contributed by atoms with Crippen molar-refractivity contribution in [3.05, 3.63) is 59.2 Å². The van der Waals surface area contributed by atoms with Crippen molar-refractivity contribution >= 4 is 23.2 Å². The maximum atomic E-state index is 13.0. The fraction of sp³-hybridized carbons (Fsp3) is 0.500. The molecular weight excluding hydrogens is 422 g/mol. The van der Waals surface area contributed by atoms with Crippen LogP contribution in [-0.2, 0) is 11.3 Å². The highest BCUT2D eigenvalue weighted by Gasteiger charge is 2.27. The van der Waals surface area contributed by atoms with E-state index in [-0.39, 0.29) is 17.9 Å². The summed E-state index contributed by atoms with van der Waals surface area (Å²) in [6, 6.07) is 7.62. The number of aryl methyl sites for hydroxylation is 1. The van der Waals surface area contributed by atoms with Gasteiger partial charge in [-0.05, 0) is 68.6 Å². The summed E-state index contributed by atoms with van der Waals surface area (Å²) >= 11 is 5.61. The van der Waals surface area contributed by atoms with E-state index in [1.54, 1.807) is 12.4 Å². The van der Waals surface area contributed by atoms with E-state index < -0.39 is 0 Å². The molecule has 2 aromatic rings. The minimum Gasteiger partial charge on any atom is -0.376 e. The molecule has 2 aliphatic rings. The van der Waals surface area contributed by atoms with Crippen LogP contribution in [-0.4, -0.2) is 58.2 Å². The molecule has 2 aromatic heterocycles. The molecule has 0 radical (unpaired) electrons. The van der Waals surface area contributed by atoms with Crippen LogP contribution in [0.15, 0.2) is 36.7 Å². The summed E-state index contributed by atoms with van der Waals surface area (Å²) in [6.45, 7) is 5.76. The van der Waals surface area contributed by atoms with Crippen molar-refractivity contribution in [1.82, 2.24) is 25.5 Å². The molecule has 1 amide bonds. The Balaban J connectivity index is 1.34. The van der Waals surface area contributed by atoms with Crippen LogP contribution in [0.5, 0.6) is 0 Å². The zero-order chi connectivity index (χ0) is 22.3. The summed E-state index contributed by atoms with van der Waals surface area (Å²) < 4.78 is 5.67. The van der Waals surface area contributed by atoms with Crippen molar-refractivity contribution in [1.29, 1.82) is 0 Å². The molecule has 0 bridgehead atoms. The Labute approximate surface area is 195 Å². The van der Waals surface area contributed by atoms with E-state index in [1.807, 2.05) is 31.2 Å². The molecule has 2 fully saturated rings. The molecule has 1 atom stereocenters. The van der Waals surface area contributed by atoms with Crippen LogP contribution >= 0.6 is 12.2 Å². The van der Waals surface area contributed by atoms with Crippen LogP contribution in [0.4, 0.5) is 0 Å². The van der Waals surface area contributed by atoms with Gasteiger partial charge in [0, 0.05) is 56.8 Å². The van der Waals surface area contributed by atoms with Gasteiger partial charge in [-0.25, -0.2) is 0 Å². The predicted molar refractivity (Wildman–Crippen MR) is 128 cm³/mol. The van der Waals surface area contributed by atoms with Crippen molar-refractivity contribution in [2.45, 2.75) is 51.2 Å². The molecule has 0 saturated carbocycles. The van der Waals surface area contributed by atoms with Crippen LogP contribution < -0.4 is 10.6 Å². The summed E-state index contributed by atoms with van der Waals surface area (Å²) in [6.07, 6.45) is 7.83. The maximum Gasteiger partial charge on any atom is 0.253 e. The summed E-state index contributed by atoms with van der Waals surface area (Å²) in [5, 5.41) is 7.18. The van der Waals surface area contributed by atoms with E-state index in [0.29, 0.717) is 12.1 Å². The maximum absolute atomic E-state index is 13.0. The number of likely N-dealkylation sites (tertiary alicyclic amines) is 1. The molecule has 2 aliphatic heterocycles. The van der Waals surface area contributed by atoms with Gasteiger partial charge in [-0.15, -0.1) is 0 Å². The minimum absolute atomic E-state index is 0.0902. The van der Waals surface area contributed by atoms with Crippen LogP contribution in [0.1, 0.15) is 58.9 Å². The lowest BCUT2D eigenvalue weighted by Crippen LogP contribution is -2.46. The van der Waals surface area contributed by atoms with Crippen molar-refractivity contribution < 1.29 is 9.53 Å². The molecule has 7 nitrogen and oxygen atoms in total. The van der Waals surface area contributed by atoms with Gasteiger partial charge >= 0.3 is 0 Å². The highest BCUT2D eigenvalue weighted by Crippen LogP contribution is 2.29. The molecule has 0 aliphatic carbocycles. The molecule has 1 unspecified atom stereocenters. The average Bonchev–Trinajstić information content (AvgIpc) is 3.35. The number of rotatable bonds is 6. The normalized spacial score (nSPS) is 19.0. The Morgan fingerprint density at radius 3 is 2.78 bits per heavy atom. The molecule has 0 aromatic carbocycles. The summed E-state index contributed by atoms with van der Waals surface area (Å²) in [4.78, 5) is 24.1. The molecule has 4 heterocycles. The first-order valence-corrected chi connectivity index (χ1v) is 11.8. The van der Waals surface area contributed by atoms with E-state index in [1.165, 1.54) is 0 Å². The Kier molecular flexibility index (Phi) is 7.65. The lowest BCUT2D eigenvalue weighted by atomic mass is 9.90. The third kappa shape index (κ3) is 5.81. The highest BCUT2D eigenvalue weighted by atomic mass is 32.1. The molecule has 170 valence electrons. The van der Waals surface area contributed by atoms with E-state index in [4.69, 9.17) is 21.9 Å². The van der Waals surface area contributed by atoms with Crippen LogP contribution in [0, 0.1) is 6.92 Å². The number of carbonyl (C=O) groups excluding carboxylic acids is 1. The van der Waals surface area contributed by atoms with Gasteiger partial charge in [0.2, 0.25) is 0 Å². The molecular formula is C24H31N5O2S. The van der Waals surface area contributed by atoms with Gasteiger partial charge in [0.15, 0.2) is 5.11 Å². The zero-order valence-electron chi connectivity index (χ0n) is 18.5. The third-order valence-electron chi connectivity index (χ3n) is 6.16. The number of pyridine rings is 2. The average molecular weight is 454 g/mol. The topological polar surface area (TPSA) is 79.4 Å². The van der Waals surface area contributed by atoms with Crippen molar-refractivity contribution in [3.63, 3.8) is 0 Å². The van der Waals surface area contributed by atoms with Gasteiger partial charge in [0.1, 0.15) is 0 Å². The fourth-order valence-corrected chi connectivity index (χ4v) is 4.60. The molecule has 2 saturated heterocycles. The molecule has 32 heavy (non-hydrogen) atoms. The Hall–Kier alpha value is -2.58. The predicted octanol–water partition coefficient (Wildman–Crippen LogP) is 2.95. The van der Waals surface area contributed by atoms with E-state index in [9.17, 15) is 4.79 Å². The fourth-order valence-electron chi connectivity index (χ4n) is 4.33. The number of ether oxygens (including phenoxy) is 1. The number of hydrogen-bond donors (Lipinski definition) is 2. The van der Waals surface area contributed by atoms with Gasteiger partial charge in [-0.2, -0.15) is 0 Å². The largest absolute Gasteiger partial charge is 0.376 e. The lowest BCUT2D eigenvalue weighted by Gasteiger charge is -2.34. The number of thiocarbonyl (C=S) groups is 1. The molecule has 0 spiro atoms. The van der Waals surface area contributed by atoms with E-state index in [2.05, 4.69) is 20.5 Å². The van der Waals surface area contributed by atoms with E-state index in [0.717, 1.165) is 74.0 Å². The van der Waals surface area contributed by atoms with Crippen LogP contribution in [0.2, 0.25) is 0 Å². The van der Waals surface area contributed by atoms with Gasteiger partial charge in [0.05, 0.1) is 17.4 Å². The molecule has 4 rings (SSSR count). The standard InChI is InChI=1S/C24H31N5O2S/c1-17-6-7-21(23(30)26-15-18-4-2-10-25-14-18)22(28-17)19-8-11-29(12-9-19)24(32)27-16-20-5-3-13-31-20/h2,4,6-7,10,14,19-20H,3,5,8-9,11-13,15-16H2,1H3,(H,26,30)(H,27,32). The number of nitrogens with zero attached hydrogens (tertiary/aromatic N) is 3. The summed E-state index contributed by atoms with van der Waals surface area (Å²) in [5.74, 6) is 0.152. The van der Waals surface area contributed by atoms with Gasteiger partial charge < -0.3 is 20.3 Å². The number of piperidine rings is 1. The Morgan fingerprint density at radius 1 is 1.22 bits per heavy atom. The Morgan fingerprint density at radius 2 is 2.06 bits per heavy atom. The van der Waals surface area contributed by atoms with Crippen LogP contribution in [0.25, 0.3) is 0 Å². The molecule has 8 heteroatoms. The van der Waals surface area contributed by atoms with Gasteiger partial charge in [-0.1, -0.05) is 6.07 Å². The smallest absolute Gasteiger partial charge is 0.253 e. The number of nitrogens with one attached hydrogen (secondary N) is 2. The number of aromatic nitrogens is 2. The second-order valence-electron chi connectivity index (χ2n) is 8.51. The lowest BCUT2D eigenvalue weighted by molar-refractivity contribution is 0.0948. The third-order valence-corrected chi connectivity index (χ3v) is 6.56. The second-order valence-corrected chi connectivity index (χ2v) is 8.90. The van der Waals surface area contributed by atoms with Crippen molar-refractivity contribution in [3.8, 4) is 0 Å².